The lowest BCUT2D eigenvalue weighted by atomic mass is 10.0. The van der Waals surface area contributed by atoms with E-state index >= 15 is 0 Å². The van der Waals surface area contributed by atoms with Crippen molar-refractivity contribution in [3.8, 4) is 34.3 Å². The molecule has 1 aliphatic heterocycles. The number of amides is 1. The second-order valence-electron chi connectivity index (χ2n) is 8.62. The molecule has 0 radical (unpaired) electrons. The molecule has 3 aromatic rings. The molecule has 0 saturated carbocycles. The molecule has 4 rings (SSSR count). The van der Waals surface area contributed by atoms with Gasteiger partial charge in [0.1, 0.15) is 24.2 Å². The molecule has 1 amide bonds. The maximum absolute atomic E-state index is 12.9. The van der Waals surface area contributed by atoms with Gasteiger partial charge in [-0.1, -0.05) is 6.07 Å². The summed E-state index contributed by atoms with van der Waals surface area (Å²) >= 11 is 0. The van der Waals surface area contributed by atoms with E-state index < -0.39 is 42.1 Å². The maximum atomic E-state index is 12.9. The highest BCUT2D eigenvalue weighted by Crippen LogP contribution is 2.32. The highest BCUT2D eigenvalue weighted by molar-refractivity contribution is 5.98. The first-order valence-corrected chi connectivity index (χ1v) is 11.7. The van der Waals surface area contributed by atoms with Gasteiger partial charge in [-0.2, -0.15) is 31.6 Å². The van der Waals surface area contributed by atoms with Crippen LogP contribution in [0.4, 0.5) is 32.2 Å². The number of ether oxygens (including phenoxy) is 1. The van der Waals surface area contributed by atoms with Crippen LogP contribution in [0, 0.1) is 11.3 Å². The van der Waals surface area contributed by atoms with E-state index in [1.807, 2.05) is 4.90 Å². The number of aromatic amines is 1. The van der Waals surface area contributed by atoms with Gasteiger partial charge in [-0.3, -0.25) is 9.78 Å². The Hall–Kier alpha value is -4.58. The molecular formula is C25H20F6N6O3. The lowest BCUT2D eigenvalue weighted by Crippen LogP contribution is -2.44. The molecule has 3 N–H and O–H groups in total. The summed E-state index contributed by atoms with van der Waals surface area (Å²) in [6, 6.07) is 10.0. The SMILES string of the molecule is N#Cc1cc(-c2ccnc(-c3ccc(C(=O)NCC(F)(F)F)c(OC(=O)C(F)(F)F)c3)c2)[nH]c1N1CCNCC1. The highest BCUT2D eigenvalue weighted by atomic mass is 19.4. The molecule has 1 aliphatic rings. The summed E-state index contributed by atoms with van der Waals surface area (Å²) in [6.45, 7) is 1.09. The number of esters is 1. The minimum Gasteiger partial charge on any atom is -0.419 e. The van der Waals surface area contributed by atoms with E-state index in [0.717, 1.165) is 25.2 Å². The quantitative estimate of drug-likeness (QED) is 0.236. The van der Waals surface area contributed by atoms with Crippen LogP contribution in [0.15, 0.2) is 42.6 Å². The lowest BCUT2D eigenvalue weighted by Gasteiger charge is -2.28. The van der Waals surface area contributed by atoms with Gasteiger partial charge in [0.15, 0.2) is 0 Å². The number of pyridine rings is 1. The number of aromatic nitrogens is 2. The Labute approximate surface area is 222 Å². The topological polar surface area (TPSA) is 123 Å². The summed E-state index contributed by atoms with van der Waals surface area (Å²) in [7, 11) is 0. The van der Waals surface area contributed by atoms with Crippen LogP contribution in [-0.4, -0.2) is 66.9 Å². The Kier molecular flexibility index (Phi) is 8.01. The van der Waals surface area contributed by atoms with Crippen LogP contribution in [0.2, 0.25) is 0 Å². The van der Waals surface area contributed by atoms with E-state index in [9.17, 15) is 41.2 Å². The molecule has 0 aliphatic carbocycles. The molecule has 9 nitrogen and oxygen atoms in total. The van der Waals surface area contributed by atoms with Crippen LogP contribution in [0.5, 0.6) is 5.75 Å². The van der Waals surface area contributed by atoms with Gasteiger partial charge in [0.05, 0.1) is 16.8 Å². The molecule has 0 bridgehead atoms. The number of halogens is 6. The Balaban J connectivity index is 1.69. The second kappa shape index (κ2) is 11.3. The molecule has 3 heterocycles. The van der Waals surface area contributed by atoms with Gasteiger partial charge in [-0.25, -0.2) is 4.79 Å². The van der Waals surface area contributed by atoms with Crippen molar-refractivity contribution >= 4 is 17.7 Å². The van der Waals surface area contributed by atoms with Crippen molar-refractivity contribution in [3.63, 3.8) is 0 Å². The molecular weight excluding hydrogens is 546 g/mol. The Morgan fingerprint density at radius 1 is 1.05 bits per heavy atom. The first-order chi connectivity index (χ1) is 18.9. The largest absolute Gasteiger partial charge is 0.491 e. The van der Waals surface area contributed by atoms with E-state index in [1.54, 1.807) is 18.2 Å². The number of rotatable bonds is 6. The second-order valence-corrected chi connectivity index (χ2v) is 8.62. The molecule has 15 heteroatoms. The zero-order chi connectivity index (χ0) is 29.1. The Morgan fingerprint density at radius 2 is 1.77 bits per heavy atom. The number of H-pyrrole nitrogens is 1. The number of nitriles is 1. The Morgan fingerprint density at radius 3 is 2.42 bits per heavy atom. The molecule has 2 aromatic heterocycles. The van der Waals surface area contributed by atoms with Crippen molar-refractivity contribution in [1.29, 1.82) is 5.26 Å². The fourth-order valence-electron chi connectivity index (χ4n) is 3.97. The summed E-state index contributed by atoms with van der Waals surface area (Å²) < 4.78 is 80.6. The van der Waals surface area contributed by atoms with Crippen molar-refractivity contribution in [2.75, 3.05) is 37.6 Å². The van der Waals surface area contributed by atoms with Crippen molar-refractivity contribution in [2.24, 2.45) is 0 Å². The van der Waals surface area contributed by atoms with Crippen LogP contribution in [0.1, 0.15) is 15.9 Å². The van der Waals surface area contributed by atoms with Gasteiger partial charge >= 0.3 is 18.3 Å². The first-order valence-electron chi connectivity index (χ1n) is 11.7. The minimum atomic E-state index is -5.43. The molecule has 210 valence electrons. The lowest BCUT2D eigenvalue weighted by molar-refractivity contribution is -0.189. The predicted octanol–water partition coefficient (Wildman–Crippen LogP) is 3.78. The molecule has 1 aromatic carbocycles. The van der Waals surface area contributed by atoms with E-state index in [-0.39, 0.29) is 11.3 Å². The monoisotopic (exact) mass is 566 g/mol. The van der Waals surface area contributed by atoms with E-state index in [0.29, 0.717) is 35.7 Å². The summed E-state index contributed by atoms with van der Waals surface area (Å²) in [5, 5.41) is 14.4. The Bertz CT molecular complexity index is 1450. The summed E-state index contributed by atoms with van der Waals surface area (Å²) in [6.07, 6.45) is -8.81. The molecule has 0 unspecified atom stereocenters. The van der Waals surface area contributed by atoms with Crippen molar-refractivity contribution in [1.82, 2.24) is 20.6 Å². The molecule has 1 saturated heterocycles. The number of nitrogens with one attached hydrogen (secondary N) is 3. The third kappa shape index (κ3) is 6.70. The van der Waals surface area contributed by atoms with Crippen LogP contribution in [0.3, 0.4) is 0 Å². The van der Waals surface area contributed by atoms with Crippen LogP contribution in [-0.2, 0) is 4.79 Å². The van der Waals surface area contributed by atoms with Gasteiger partial charge in [-0.05, 0) is 30.3 Å². The van der Waals surface area contributed by atoms with Crippen LogP contribution < -0.4 is 20.3 Å². The highest BCUT2D eigenvalue weighted by Gasteiger charge is 2.42. The van der Waals surface area contributed by atoms with Crippen molar-refractivity contribution in [2.45, 2.75) is 12.4 Å². The van der Waals surface area contributed by atoms with Gasteiger partial charge in [0, 0.05) is 49.2 Å². The molecule has 1 fully saturated rings. The number of nitrogens with zero attached hydrogens (tertiary/aromatic N) is 3. The number of piperazine rings is 1. The normalized spacial score (nSPS) is 14.0. The van der Waals surface area contributed by atoms with E-state index in [2.05, 4.69) is 26.1 Å². The standard InChI is InChI=1S/C25H20F6N6O3/c26-24(27,28)13-35-22(38)17-2-1-14(11-20(17)40-23(39)25(29,30)31)18-9-15(3-4-34-18)19-10-16(12-32)21(36-19)37-7-5-33-6-8-37/h1-4,9-11,33,36H,5-8,13H2,(H,35,38). The number of carbonyl (C=O) groups is 2. The fraction of sp³-hybridized carbons (Fsp3) is 0.280. The third-order valence-corrected chi connectivity index (χ3v) is 5.83. The van der Waals surface area contributed by atoms with E-state index in [1.165, 1.54) is 17.6 Å². The summed E-state index contributed by atoms with van der Waals surface area (Å²) in [4.78, 5) is 33.2. The third-order valence-electron chi connectivity index (χ3n) is 5.83. The number of hydrogen-bond donors (Lipinski definition) is 3. The van der Waals surface area contributed by atoms with Gasteiger partial charge in [-0.15, -0.1) is 0 Å². The summed E-state index contributed by atoms with van der Waals surface area (Å²) in [5.74, 6) is -4.33. The van der Waals surface area contributed by atoms with Gasteiger partial charge in [0.2, 0.25) is 0 Å². The fourth-order valence-corrected chi connectivity index (χ4v) is 3.97. The average molecular weight is 566 g/mol. The number of anilines is 1. The van der Waals surface area contributed by atoms with Gasteiger partial charge < -0.3 is 25.3 Å². The maximum Gasteiger partial charge on any atom is 0.491 e. The van der Waals surface area contributed by atoms with Gasteiger partial charge in [0.25, 0.3) is 5.91 Å². The van der Waals surface area contributed by atoms with Crippen molar-refractivity contribution in [3.05, 3.63) is 53.7 Å². The van der Waals surface area contributed by atoms with Crippen molar-refractivity contribution < 1.29 is 40.7 Å². The average Bonchev–Trinajstić information content (AvgIpc) is 3.36. The minimum absolute atomic E-state index is 0.105. The van der Waals surface area contributed by atoms with Crippen LogP contribution in [0.25, 0.3) is 22.5 Å². The first kappa shape index (κ1) is 28.4. The zero-order valence-corrected chi connectivity index (χ0v) is 20.4. The molecule has 40 heavy (non-hydrogen) atoms. The number of carbonyl (C=O) groups excluding carboxylic acids is 2. The zero-order valence-electron chi connectivity index (χ0n) is 20.4. The number of hydrogen-bond acceptors (Lipinski definition) is 7. The summed E-state index contributed by atoms with van der Waals surface area (Å²) in [5.41, 5.74) is 1.09. The molecule has 0 spiro atoms. The predicted molar refractivity (Wildman–Crippen MR) is 129 cm³/mol. The number of benzene rings is 1. The van der Waals surface area contributed by atoms with Crippen LogP contribution >= 0.6 is 0 Å². The number of alkyl halides is 6. The van der Waals surface area contributed by atoms with E-state index in [4.69, 9.17) is 0 Å². The molecule has 0 atom stereocenters. The smallest absolute Gasteiger partial charge is 0.419 e.